The number of fused-ring (bicyclic) bond motifs is 1. The Morgan fingerprint density at radius 2 is 1.96 bits per heavy atom. The first-order valence-electron chi connectivity index (χ1n) is 9.76. The summed E-state index contributed by atoms with van der Waals surface area (Å²) in [4.78, 5) is 13.7. The Kier molecular flexibility index (Phi) is 4.34. The third-order valence-electron chi connectivity index (χ3n) is 5.84. The molecule has 2 aromatic rings. The molecule has 0 atom stereocenters. The van der Waals surface area contributed by atoms with Crippen molar-refractivity contribution in [2.45, 2.75) is 57.5 Å². The molecule has 0 unspecified atom stereocenters. The highest BCUT2D eigenvalue weighted by Crippen LogP contribution is 2.35. The van der Waals surface area contributed by atoms with Crippen LogP contribution in [0.2, 0.25) is 0 Å². The van der Waals surface area contributed by atoms with E-state index in [0.717, 1.165) is 38.6 Å². The average molecular weight is 354 g/mol. The van der Waals surface area contributed by atoms with Gasteiger partial charge in [0.25, 0.3) is 0 Å². The number of hydrogen-bond donors (Lipinski definition) is 0. The van der Waals surface area contributed by atoms with E-state index in [1.54, 1.807) is 6.33 Å². The van der Waals surface area contributed by atoms with Gasteiger partial charge in [0.05, 0.1) is 31.6 Å². The summed E-state index contributed by atoms with van der Waals surface area (Å²) in [5.41, 5.74) is 2.59. The van der Waals surface area contributed by atoms with E-state index in [2.05, 4.69) is 35.6 Å². The Labute approximate surface area is 154 Å². The van der Waals surface area contributed by atoms with Gasteiger partial charge in [-0.05, 0) is 31.7 Å². The van der Waals surface area contributed by atoms with Crippen molar-refractivity contribution in [2.75, 3.05) is 24.6 Å². The number of rotatable bonds is 5. The molecule has 0 spiro atoms. The maximum Gasteiger partial charge on any atom is 0.132 e. The summed E-state index contributed by atoms with van der Waals surface area (Å²) in [5, 5.41) is 4.52. The molecule has 1 aliphatic carbocycles. The first-order valence-corrected chi connectivity index (χ1v) is 9.76. The van der Waals surface area contributed by atoms with Crippen LogP contribution in [0.4, 0.5) is 5.82 Å². The summed E-state index contributed by atoms with van der Waals surface area (Å²) in [7, 11) is 0. The van der Waals surface area contributed by atoms with E-state index in [1.165, 1.54) is 36.9 Å². The van der Waals surface area contributed by atoms with Crippen LogP contribution in [-0.4, -0.2) is 56.4 Å². The van der Waals surface area contributed by atoms with Crippen molar-refractivity contribution >= 4 is 5.82 Å². The Morgan fingerprint density at radius 3 is 2.73 bits per heavy atom. The van der Waals surface area contributed by atoms with Gasteiger partial charge in [0.2, 0.25) is 0 Å². The molecule has 0 N–H and O–H groups in total. The van der Waals surface area contributed by atoms with Crippen LogP contribution in [0.15, 0.2) is 24.8 Å². The van der Waals surface area contributed by atoms with Gasteiger partial charge in [-0.1, -0.05) is 0 Å². The van der Waals surface area contributed by atoms with Gasteiger partial charge < -0.3 is 9.64 Å². The number of likely N-dealkylation sites (tertiary alicyclic amines) is 1. The van der Waals surface area contributed by atoms with Gasteiger partial charge in [-0.2, -0.15) is 5.10 Å². The second-order valence-corrected chi connectivity index (χ2v) is 7.61. The SMILES string of the molecule is c1cc(N(C2CC2)C2CCN(Cc3cnn4c3COCC4)CC2)ncn1. The van der Waals surface area contributed by atoms with Crippen molar-refractivity contribution in [3.05, 3.63) is 36.0 Å². The van der Waals surface area contributed by atoms with Gasteiger partial charge in [-0.3, -0.25) is 9.58 Å². The van der Waals surface area contributed by atoms with Crippen LogP contribution in [0, 0.1) is 0 Å². The van der Waals surface area contributed by atoms with Crippen molar-refractivity contribution < 1.29 is 4.74 Å². The van der Waals surface area contributed by atoms with Gasteiger partial charge in [0, 0.05) is 43.5 Å². The lowest BCUT2D eigenvalue weighted by Gasteiger charge is -2.39. The molecule has 3 aliphatic rings. The number of piperidine rings is 1. The largest absolute Gasteiger partial charge is 0.373 e. The molecule has 0 amide bonds. The first kappa shape index (κ1) is 16.2. The highest BCUT2D eigenvalue weighted by molar-refractivity contribution is 5.41. The minimum absolute atomic E-state index is 0.595. The van der Waals surface area contributed by atoms with E-state index >= 15 is 0 Å². The van der Waals surface area contributed by atoms with E-state index in [-0.39, 0.29) is 0 Å². The summed E-state index contributed by atoms with van der Waals surface area (Å²) in [6.07, 6.45) is 10.6. The summed E-state index contributed by atoms with van der Waals surface area (Å²) >= 11 is 0. The molecule has 1 saturated carbocycles. The van der Waals surface area contributed by atoms with E-state index < -0.39 is 0 Å². The molecule has 2 aliphatic heterocycles. The van der Waals surface area contributed by atoms with E-state index in [4.69, 9.17) is 4.74 Å². The van der Waals surface area contributed by atoms with Crippen LogP contribution in [0.25, 0.3) is 0 Å². The fourth-order valence-corrected chi connectivity index (χ4v) is 4.32. The third kappa shape index (κ3) is 3.21. The molecule has 1 saturated heterocycles. The predicted octanol–water partition coefficient (Wildman–Crippen LogP) is 1.84. The monoisotopic (exact) mass is 354 g/mol. The Morgan fingerprint density at radius 1 is 1.12 bits per heavy atom. The standard InChI is InChI=1S/C19H26N6O/c1-2-16(1)25(19-3-6-20-14-21-19)17-4-7-23(8-5-17)12-15-11-22-24-9-10-26-13-18(15)24/h3,6,11,14,16-17H,1-2,4-5,7-10,12-13H2. The zero-order valence-electron chi connectivity index (χ0n) is 15.1. The van der Waals surface area contributed by atoms with Gasteiger partial charge in [-0.25, -0.2) is 9.97 Å². The fraction of sp³-hybridized carbons (Fsp3) is 0.632. The van der Waals surface area contributed by atoms with E-state index in [9.17, 15) is 0 Å². The molecule has 0 radical (unpaired) electrons. The molecule has 7 nitrogen and oxygen atoms in total. The smallest absolute Gasteiger partial charge is 0.132 e. The van der Waals surface area contributed by atoms with Gasteiger partial charge in [0.1, 0.15) is 12.1 Å². The topological polar surface area (TPSA) is 59.3 Å². The molecule has 2 fully saturated rings. The lowest BCUT2D eigenvalue weighted by Crippen LogP contribution is -2.46. The van der Waals surface area contributed by atoms with Crippen LogP contribution in [0.5, 0.6) is 0 Å². The van der Waals surface area contributed by atoms with E-state index in [0.29, 0.717) is 18.7 Å². The van der Waals surface area contributed by atoms with Crippen LogP contribution in [0.3, 0.4) is 0 Å². The van der Waals surface area contributed by atoms with Crippen LogP contribution in [0.1, 0.15) is 36.9 Å². The molecular weight excluding hydrogens is 328 g/mol. The zero-order valence-corrected chi connectivity index (χ0v) is 15.1. The summed E-state index contributed by atoms with van der Waals surface area (Å²) < 4.78 is 7.72. The number of nitrogens with zero attached hydrogens (tertiary/aromatic N) is 6. The lowest BCUT2D eigenvalue weighted by molar-refractivity contribution is 0.0784. The Bertz CT molecular complexity index is 736. The normalized spacial score (nSPS) is 21.5. The zero-order chi connectivity index (χ0) is 17.3. The van der Waals surface area contributed by atoms with Crippen molar-refractivity contribution in [1.29, 1.82) is 0 Å². The third-order valence-corrected chi connectivity index (χ3v) is 5.84. The van der Waals surface area contributed by atoms with Crippen LogP contribution < -0.4 is 4.90 Å². The van der Waals surface area contributed by atoms with Gasteiger partial charge in [-0.15, -0.1) is 0 Å². The summed E-state index contributed by atoms with van der Waals surface area (Å²) in [6, 6.07) is 3.34. The van der Waals surface area contributed by atoms with Crippen molar-refractivity contribution in [2.24, 2.45) is 0 Å². The average Bonchev–Trinajstić information content (AvgIpc) is 3.45. The Hall–Kier alpha value is -1.99. The minimum atomic E-state index is 0.595. The summed E-state index contributed by atoms with van der Waals surface area (Å²) in [5.74, 6) is 1.10. The highest BCUT2D eigenvalue weighted by atomic mass is 16.5. The molecule has 138 valence electrons. The lowest BCUT2D eigenvalue weighted by atomic mass is 10.0. The molecule has 0 aromatic carbocycles. The van der Waals surface area contributed by atoms with Gasteiger partial charge >= 0.3 is 0 Å². The van der Waals surface area contributed by atoms with Gasteiger partial charge in [0.15, 0.2) is 0 Å². The molecule has 26 heavy (non-hydrogen) atoms. The molecular formula is C19H26N6O. The molecule has 5 rings (SSSR count). The number of ether oxygens (including phenoxy) is 1. The van der Waals surface area contributed by atoms with Crippen molar-refractivity contribution in [1.82, 2.24) is 24.6 Å². The maximum absolute atomic E-state index is 5.62. The number of anilines is 1. The van der Waals surface area contributed by atoms with Crippen molar-refractivity contribution in [3.8, 4) is 0 Å². The molecule has 7 heteroatoms. The second kappa shape index (κ2) is 6.96. The minimum Gasteiger partial charge on any atom is -0.373 e. The second-order valence-electron chi connectivity index (χ2n) is 7.61. The first-order chi connectivity index (χ1) is 12.9. The molecule has 2 aromatic heterocycles. The summed E-state index contributed by atoms with van der Waals surface area (Å²) in [6.45, 7) is 5.61. The van der Waals surface area contributed by atoms with Crippen molar-refractivity contribution in [3.63, 3.8) is 0 Å². The Balaban J connectivity index is 1.23. The van der Waals surface area contributed by atoms with Crippen LogP contribution in [-0.2, 0) is 24.4 Å². The maximum atomic E-state index is 5.62. The van der Waals surface area contributed by atoms with E-state index in [1.807, 2.05) is 12.4 Å². The van der Waals surface area contributed by atoms with Crippen LogP contribution >= 0.6 is 0 Å². The molecule has 4 heterocycles. The quantitative estimate of drug-likeness (QED) is 0.817. The fourth-order valence-electron chi connectivity index (χ4n) is 4.32. The number of hydrogen-bond acceptors (Lipinski definition) is 6. The predicted molar refractivity (Wildman–Crippen MR) is 97.7 cm³/mol. The highest BCUT2D eigenvalue weighted by Gasteiger charge is 2.36. The number of aromatic nitrogens is 4. The molecule has 0 bridgehead atoms.